The third-order valence-electron chi connectivity index (χ3n) is 3.45. The van der Waals surface area contributed by atoms with Crippen LogP contribution in [0.2, 0.25) is 3.67 Å². The first-order valence-corrected chi connectivity index (χ1v) is 8.04. The molecule has 1 unspecified atom stereocenters. The predicted octanol–water partition coefficient (Wildman–Crippen LogP) is 5.17. The van der Waals surface area contributed by atoms with E-state index in [4.69, 9.17) is 0 Å². The molecule has 91 valence electrons. The largest absolute Gasteiger partial charge is 0.147 e. The molecule has 0 heterocycles. The molecule has 0 spiro atoms. The smallest absolute Gasteiger partial charge is 0.147 e. The Morgan fingerprint density at radius 3 is 2.56 bits per heavy atom. The second-order valence-electron chi connectivity index (χ2n) is 4.51. The summed E-state index contributed by atoms with van der Waals surface area (Å²) in [5.74, 6) is 0. The minimum absolute atomic E-state index is 0. The summed E-state index contributed by atoms with van der Waals surface area (Å²) in [7, 11) is 0. The first-order chi connectivity index (χ1) is 6.83. The van der Waals surface area contributed by atoms with E-state index in [2.05, 4.69) is 13.0 Å². The summed E-state index contributed by atoms with van der Waals surface area (Å²) < 4.78 is 0.928. The fourth-order valence-corrected chi connectivity index (χ4v) is 4.58. The molecule has 0 amide bonds. The van der Waals surface area contributed by atoms with Crippen LogP contribution in [-0.4, -0.2) is 0 Å². The summed E-state index contributed by atoms with van der Waals surface area (Å²) in [6.45, 7) is 2.30. The van der Waals surface area contributed by atoms with Gasteiger partial charge in [0, 0.05) is 0 Å². The second-order valence-corrected chi connectivity index (χ2v) is 6.59. The van der Waals surface area contributed by atoms with Crippen molar-refractivity contribution in [1.29, 1.82) is 0 Å². The van der Waals surface area contributed by atoms with Crippen LogP contribution in [0, 0.1) is 0 Å². The van der Waals surface area contributed by atoms with Crippen LogP contribution in [0.1, 0.15) is 51.9 Å². The van der Waals surface area contributed by atoms with Gasteiger partial charge in [-0.15, -0.1) is 24.8 Å². The average Bonchev–Trinajstić information content (AvgIpc) is 2.54. The van der Waals surface area contributed by atoms with Crippen LogP contribution in [0.25, 0.3) is 0 Å². The van der Waals surface area contributed by atoms with Crippen LogP contribution in [-0.2, 0) is 24.4 Å². The molecule has 0 aromatic rings. The molecule has 1 atom stereocenters. The number of rotatable bonds is 3. The first-order valence-electron chi connectivity index (χ1n) is 5.96. The van der Waals surface area contributed by atoms with E-state index in [1.807, 2.05) is 5.57 Å². The molecular weight excluding hydrogens is 406 g/mol. The first kappa shape index (κ1) is 16.9. The topological polar surface area (TPSA) is 0 Å². The van der Waals surface area contributed by atoms with Gasteiger partial charge in [0.05, 0.1) is 0 Å². The van der Waals surface area contributed by atoms with E-state index in [-0.39, 0.29) is 24.8 Å². The predicted molar refractivity (Wildman–Crippen MR) is 71.3 cm³/mol. The minimum Gasteiger partial charge on any atom is -0.147 e. The SMILES string of the molecule is CCCCC1=CC2=C(CCCC2)[CH]1[Hf].Cl.Cl. The summed E-state index contributed by atoms with van der Waals surface area (Å²) in [5.41, 5.74) is 5.36. The number of halogens is 2. The van der Waals surface area contributed by atoms with Crippen molar-refractivity contribution in [2.75, 3.05) is 0 Å². The van der Waals surface area contributed by atoms with Gasteiger partial charge in [-0.25, -0.2) is 0 Å². The Morgan fingerprint density at radius 1 is 1.25 bits per heavy atom. The van der Waals surface area contributed by atoms with Gasteiger partial charge in [0.1, 0.15) is 0 Å². The minimum atomic E-state index is 0. The van der Waals surface area contributed by atoms with Crippen molar-refractivity contribution in [2.24, 2.45) is 0 Å². The molecule has 0 radical (unpaired) electrons. The van der Waals surface area contributed by atoms with E-state index in [1.54, 1.807) is 11.1 Å². The molecule has 0 N–H and O–H groups in total. The quantitative estimate of drug-likeness (QED) is 0.547. The van der Waals surface area contributed by atoms with Gasteiger partial charge in [-0.1, -0.05) is 0 Å². The van der Waals surface area contributed by atoms with Crippen molar-refractivity contribution in [3.8, 4) is 0 Å². The van der Waals surface area contributed by atoms with Crippen molar-refractivity contribution < 1.29 is 24.4 Å². The molecule has 0 fully saturated rings. The van der Waals surface area contributed by atoms with Gasteiger partial charge in [0.2, 0.25) is 0 Å². The second kappa shape index (κ2) is 8.11. The number of unbranched alkanes of at least 4 members (excludes halogenated alkanes) is 1. The molecule has 2 aliphatic rings. The molecule has 0 saturated carbocycles. The van der Waals surface area contributed by atoms with Crippen molar-refractivity contribution >= 4 is 24.8 Å². The number of hydrogen-bond acceptors (Lipinski definition) is 0. The van der Waals surface area contributed by atoms with Crippen LogP contribution < -0.4 is 0 Å². The molecule has 2 aliphatic carbocycles. The van der Waals surface area contributed by atoms with E-state index in [1.165, 1.54) is 69.3 Å². The van der Waals surface area contributed by atoms with Crippen LogP contribution in [0.5, 0.6) is 0 Å². The normalized spacial score (nSPS) is 23.0. The molecular formula is C13H21Cl2Hf. The fourth-order valence-electron chi connectivity index (χ4n) is 2.57. The van der Waals surface area contributed by atoms with E-state index >= 15 is 0 Å². The standard InChI is InChI=1S/C13H19.2ClH.Hf/c1-2-3-6-11-9-12-7-4-5-8-13(12)10-11;;;/h9-10H,2-8H2,1H3;2*1H;. The number of hydrogen-bond donors (Lipinski definition) is 0. The van der Waals surface area contributed by atoms with E-state index in [0.29, 0.717) is 0 Å². The van der Waals surface area contributed by atoms with Crippen molar-refractivity contribution in [3.05, 3.63) is 22.8 Å². The molecule has 0 saturated heterocycles. The van der Waals surface area contributed by atoms with Crippen molar-refractivity contribution in [3.63, 3.8) is 0 Å². The molecule has 0 aliphatic heterocycles. The molecule has 0 aromatic heterocycles. The van der Waals surface area contributed by atoms with Gasteiger partial charge < -0.3 is 0 Å². The average molecular weight is 427 g/mol. The Kier molecular flexibility index (Phi) is 8.58. The van der Waals surface area contributed by atoms with Gasteiger partial charge in [-0.2, -0.15) is 0 Å². The third-order valence-corrected chi connectivity index (χ3v) is 6.04. The zero-order valence-electron chi connectivity index (χ0n) is 9.92. The maximum Gasteiger partial charge on any atom is -0.147 e. The Hall–Kier alpha value is 0.930. The summed E-state index contributed by atoms with van der Waals surface area (Å²) in [6.07, 6.45) is 12.3. The molecule has 16 heavy (non-hydrogen) atoms. The zero-order valence-corrected chi connectivity index (χ0v) is 15.1. The summed E-state index contributed by atoms with van der Waals surface area (Å²) in [5, 5.41) is 0. The Bertz CT molecular complexity index is 282. The molecule has 3 heteroatoms. The van der Waals surface area contributed by atoms with E-state index < -0.39 is 0 Å². The van der Waals surface area contributed by atoms with Crippen LogP contribution in [0.4, 0.5) is 0 Å². The van der Waals surface area contributed by atoms with Gasteiger partial charge in [-0.3, -0.25) is 0 Å². The van der Waals surface area contributed by atoms with Crippen molar-refractivity contribution in [2.45, 2.75) is 55.5 Å². The maximum atomic E-state index is 2.56. The zero-order chi connectivity index (χ0) is 9.97. The summed E-state index contributed by atoms with van der Waals surface area (Å²) in [6, 6.07) is 0. The molecule has 0 bridgehead atoms. The van der Waals surface area contributed by atoms with E-state index in [0.717, 1.165) is 3.67 Å². The molecule has 0 nitrogen and oxygen atoms in total. The Balaban J connectivity index is 0.00000112. The molecule has 2 rings (SSSR count). The maximum absolute atomic E-state index is 2.56. The monoisotopic (exact) mass is 427 g/mol. The van der Waals surface area contributed by atoms with E-state index in [9.17, 15) is 0 Å². The third kappa shape index (κ3) is 3.71. The summed E-state index contributed by atoms with van der Waals surface area (Å²) >= 11 is 1.35. The fraction of sp³-hybridized carbons (Fsp3) is 0.692. The van der Waals surface area contributed by atoms with Gasteiger partial charge in [0.15, 0.2) is 0 Å². The van der Waals surface area contributed by atoms with Gasteiger partial charge >= 0.3 is 103 Å². The van der Waals surface area contributed by atoms with Crippen molar-refractivity contribution in [1.82, 2.24) is 0 Å². The Morgan fingerprint density at radius 2 is 1.94 bits per heavy atom. The molecule has 0 aromatic carbocycles. The van der Waals surface area contributed by atoms with Gasteiger partial charge in [-0.05, 0) is 0 Å². The van der Waals surface area contributed by atoms with Gasteiger partial charge in [0.25, 0.3) is 0 Å². The van der Waals surface area contributed by atoms with Crippen LogP contribution in [0.3, 0.4) is 0 Å². The number of allylic oxidation sites excluding steroid dienone is 4. The summed E-state index contributed by atoms with van der Waals surface area (Å²) in [4.78, 5) is 0. The van der Waals surface area contributed by atoms with Crippen LogP contribution >= 0.6 is 24.8 Å². The van der Waals surface area contributed by atoms with Crippen LogP contribution in [0.15, 0.2) is 22.8 Å². The Labute approximate surface area is 127 Å².